The van der Waals surface area contributed by atoms with E-state index in [1.165, 1.54) is 25.7 Å². The predicted molar refractivity (Wildman–Crippen MR) is 69.7 cm³/mol. The second-order valence-electron chi connectivity index (χ2n) is 4.82. The van der Waals surface area contributed by atoms with Crippen LogP contribution in [0.2, 0.25) is 0 Å². The Morgan fingerprint density at radius 2 is 2.12 bits per heavy atom. The maximum absolute atomic E-state index is 11.8. The first-order chi connectivity index (χ1) is 7.15. The molecule has 1 rings (SSSR count). The molecule has 0 radical (unpaired) electrons. The fourth-order valence-corrected chi connectivity index (χ4v) is 2.39. The monoisotopic (exact) mass is 248 g/mol. The summed E-state index contributed by atoms with van der Waals surface area (Å²) in [6.07, 6.45) is 6.35. The summed E-state index contributed by atoms with van der Waals surface area (Å²) in [6, 6.07) is 0.471. The van der Waals surface area contributed by atoms with Crippen LogP contribution in [0.25, 0.3) is 0 Å². The van der Waals surface area contributed by atoms with Crippen molar-refractivity contribution in [2.24, 2.45) is 11.7 Å². The Kier molecular flexibility index (Phi) is 7.77. The first kappa shape index (κ1) is 15.7. The van der Waals surface area contributed by atoms with Crippen LogP contribution in [0.5, 0.6) is 0 Å². The second-order valence-corrected chi connectivity index (χ2v) is 4.82. The topological polar surface area (TPSA) is 46.3 Å². The fourth-order valence-electron chi connectivity index (χ4n) is 2.39. The molecule has 0 aromatic rings. The zero-order valence-corrected chi connectivity index (χ0v) is 11.3. The molecule has 0 aromatic heterocycles. The summed E-state index contributed by atoms with van der Waals surface area (Å²) >= 11 is 0. The summed E-state index contributed by atoms with van der Waals surface area (Å²) in [7, 11) is 1.95. The second kappa shape index (κ2) is 7.91. The van der Waals surface area contributed by atoms with E-state index in [2.05, 4.69) is 6.92 Å². The number of amides is 1. The molecule has 96 valence electrons. The third-order valence-electron chi connectivity index (χ3n) is 3.44. The molecular formula is C12H25ClN2O. The van der Waals surface area contributed by atoms with Gasteiger partial charge >= 0.3 is 0 Å². The molecule has 0 spiro atoms. The van der Waals surface area contributed by atoms with E-state index in [0.29, 0.717) is 19.0 Å². The molecule has 0 aromatic carbocycles. The average Bonchev–Trinajstić information content (AvgIpc) is 2.24. The number of carbonyl (C=O) groups excluding carboxylic acids is 1. The van der Waals surface area contributed by atoms with E-state index in [0.717, 1.165) is 12.3 Å². The highest BCUT2D eigenvalue weighted by atomic mass is 35.5. The Labute approximate surface area is 105 Å². The minimum absolute atomic E-state index is 0. The molecule has 1 aliphatic carbocycles. The van der Waals surface area contributed by atoms with E-state index in [-0.39, 0.29) is 18.3 Å². The Bertz CT molecular complexity index is 211. The fraction of sp³-hybridized carbons (Fsp3) is 0.917. The molecule has 4 heteroatoms. The molecule has 1 fully saturated rings. The number of carbonyl (C=O) groups is 1. The Morgan fingerprint density at radius 3 is 2.69 bits per heavy atom. The van der Waals surface area contributed by atoms with Crippen LogP contribution < -0.4 is 5.73 Å². The van der Waals surface area contributed by atoms with Crippen LogP contribution >= 0.6 is 12.4 Å². The van der Waals surface area contributed by atoms with E-state index in [1.54, 1.807) is 0 Å². The summed E-state index contributed by atoms with van der Waals surface area (Å²) in [5.74, 6) is 1.04. The van der Waals surface area contributed by atoms with Crippen molar-refractivity contribution in [1.82, 2.24) is 4.90 Å². The van der Waals surface area contributed by atoms with Gasteiger partial charge in [0.2, 0.25) is 5.91 Å². The van der Waals surface area contributed by atoms with Crippen molar-refractivity contribution in [2.45, 2.75) is 51.5 Å². The van der Waals surface area contributed by atoms with Crippen molar-refractivity contribution < 1.29 is 4.79 Å². The van der Waals surface area contributed by atoms with E-state index in [1.807, 2.05) is 11.9 Å². The predicted octanol–water partition coefficient (Wildman–Crippen LogP) is 2.18. The van der Waals surface area contributed by atoms with Gasteiger partial charge in [-0.2, -0.15) is 0 Å². The zero-order valence-electron chi connectivity index (χ0n) is 10.4. The molecule has 3 nitrogen and oxygen atoms in total. The van der Waals surface area contributed by atoms with Gasteiger partial charge in [0.05, 0.1) is 0 Å². The Morgan fingerprint density at radius 1 is 1.44 bits per heavy atom. The maximum Gasteiger partial charge on any atom is 0.222 e. The molecule has 0 bridgehead atoms. The Hall–Kier alpha value is -0.280. The van der Waals surface area contributed by atoms with Crippen molar-refractivity contribution in [3.63, 3.8) is 0 Å². The molecule has 16 heavy (non-hydrogen) atoms. The third-order valence-corrected chi connectivity index (χ3v) is 3.44. The average molecular weight is 249 g/mol. The van der Waals surface area contributed by atoms with E-state index in [9.17, 15) is 4.79 Å². The molecule has 2 atom stereocenters. The Balaban J connectivity index is 0.00000225. The van der Waals surface area contributed by atoms with Crippen molar-refractivity contribution in [3.05, 3.63) is 0 Å². The standard InChI is InChI=1S/C12H24N2O.ClH/c1-10-5-3-6-11(9-10)14(2)12(15)7-4-8-13;/h10-11H,3-9,13H2,1-2H3;1H. The van der Waals surface area contributed by atoms with Crippen LogP contribution in [0.3, 0.4) is 0 Å². The molecule has 2 N–H and O–H groups in total. The number of nitrogens with two attached hydrogens (primary N) is 1. The van der Waals surface area contributed by atoms with Gasteiger partial charge in [-0.3, -0.25) is 4.79 Å². The van der Waals surface area contributed by atoms with Gasteiger partial charge < -0.3 is 10.6 Å². The maximum atomic E-state index is 11.8. The van der Waals surface area contributed by atoms with Crippen molar-refractivity contribution in [2.75, 3.05) is 13.6 Å². The molecule has 1 saturated carbocycles. The summed E-state index contributed by atoms with van der Waals surface area (Å²) in [6.45, 7) is 2.89. The molecule has 0 saturated heterocycles. The van der Waals surface area contributed by atoms with Gasteiger partial charge in [0, 0.05) is 19.5 Å². The highest BCUT2D eigenvalue weighted by Gasteiger charge is 2.24. The van der Waals surface area contributed by atoms with Gasteiger partial charge in [0.25, 0.3) is 0 Å². The molecule has 0 aliphatic heterocycles. The van der Waals surface area contributed by atoms with Crippen molar-refractivity contribution in [1.29, 1.82) is 0 Å². The van der Waals surface area contributed by atoms with Crippen LogP contribution in [-0.2, 0) is 4.79 Å². The van der Waals surface area contributed by atoms with Crippen LogP contribution in [-0.4, -0.2) is 30.4 Å². The van der Waals surface area contributed by atoms with Crippen LogP contribution in [0.15, 0.2) is 0 Å². The molecule has 1 amide bonds. The lowest BCUT2D eigenvalue weighted by Crippen LogP contribution is -2.39. The first-order valence-electron chi connectivity index (χ1n) is 6.11. The number of nitrogens with zero attached hydrogens (tertiary/aromatic N) is 1. The lowest BCUT2D eigenvalue weighted by molar-refractivity contribution is -0.132. The quantitative estimate of drug-likeness (QED) is 0.829. The van der Waals surface area contributed by atoms with Gasteiger partial charge in [0.1, 0.15) is 0 Å². The van der Waals surface area contributed by atoms with E-state index >= 15 is 0 Å². The van der Waals surface area contributed by atoms with Crippen molar-refractivity contribution >= 4 is 18.3 Å². The summed E-state index contributed by atoms with van der Waals surface area (Å²) in [5.41, 5.74) is 5.41. The number of halogens is 1. The highest BCUT2D eigenvalue weighted by Crippen LogP contribution is 2.26. The molecule has 1 aliphatic rings. The third kappa shape index (κ3) is 4.71. The van der Waals surface area contributed by atoms with Crippen LogP contribution in [0, 0.1) is 5.92 Å². The summed E-state index contributed by atoms with van der Waals surface area (Å²) in [4.78, 5) is 13.7. The van der Waals surface area contributed by atoms with Gasteiger partial charge in [-0.05, 0) is 31.7 Å². The van der Waals surface area contributed by atoms with Gasteiger partial charge in [-0.1, -0.05) is 19.8 Å². The number of hydrogen-bond donors (Lipinski definition) is 1. The van der Waals surface area contributed by atoms with E-state index in [4.69, 9.17) is 5.73 Å². The summed E-state index contributed by atoms with van der Waals surface area (Å²) < 4.78 is 0. The smallest absolute Gasteiger partial charge is 0.222 e. The van der Waals surface area contributed by atoms with Gasteiger partial charge in [-0.25, -0.2) is 0 Å². The van der Waals surface area contributed by atoms with Crippen LogP contribution in [0.4, 0.5) is 0 Å². The van der Waals surface area contributed by atoms with Crippen LogP contribution in [0.1, 0.15) is 45.4 Å². The van der Waals surface area contributed by atoms with Gasteiger partial charge in [0.15, 0.2) is 0 Å². The zero-order chi connectivity index (χ0) is 11.3. The van der Waals surface area contributed by atoms with E-state index < -0.39 is 0 Å². The lowest BCUT2D eigenvalue weighted by Gasteiger charge is -2.34. The van der Waals surface area contributed by atoms with Crippen molar-refractivity contribution in [3.8, 4) is 0 Å². The molecule has 0 heterocycles. The highest BCUT2D eigenvalue weighted by molar-refractivity contribution is 5.85. The lowest BCUT2D eigenvalue weighted by atomic mass is 9.86. The first-order valence-corrected chi connectivity index (χ1v) is 6.11. The normalized spacial score (nSPS) is 24.7. The molecule has 2 unspecified atom stereocenters. The largest absolute Gasteiger partial charge is 0.343 e. The SMILES string of the molecule is CC1CCCC(N(C)C(=O)CCCN)C1.Cl. The minimum atomic E-state index is 0. The number of rotatable bonds is 4. The van der Waals surface area contributed by atoms with Gasteiger partial charge in [-0.15, -0.1) is 12.4 Å². The minimum Gasteiger partial charge on any atom is -0.343 e. The molecular weight excluding hydrogens is 224 g/mol. The summed E-state index contributed by atoms with van der Waals surface area (Å²) in [5, 5.41) is 0. The number of hydrogen-bond acceptors (Lipinski definition) is 2.